The molecule has 1 amide bonds. The van der Waals surface area contributed by atoms with Crippen molar-refractivity contribution in [2.75, 3.05) is 0 Å². The van der Waals surface area contributed by atoms with Crippen LogP contribution in [-0.4, -0.2) is 17.2 Å². The van der Waals surface area contributed by atoms with E-state index in [1.807, 2.05) is 0 Å². The number of carbonyl (C=O) groups excluding carboxylic acids is 1. The molecule has 0 unspecified atom stereocenters. The molecule has 2 N–H and O–H groups in total. The van der Waals surface area contributed by atoms with Gasteiger partial charge in [-0.1, -0.05) is 59.7 Å². The van der Waals surface area contributed by atoms with Gasteiger partial charge in [0.2, 0.25) is 5.91 Å². The first-order chi connectivity index (χ1) is 14.0. The number of benzene rings is 3. The number of carbonyl (C=O) groups is 1. The number of rotatable bonds is 5. The number of nitrogens with zero attached hydrogens (tertiary/aromatic N) is 1. The molecule has 0 aromatic heterocycles. The Morgan fingerprint density at radius 3 is 2.14 bits per heavy atom. The van der Waals surface area contributed by atoms with Crippen molar-refractivity contribution in [1.29, 1.82) is 0 Å². The molecule has 4 nitrogen and oxygen atoms in total. The Morgan fingerprint density at radius 1 is 1.00 bits per heavy atom. The zero-order valence-corrected chi connectivity index (χ0v) is 16.6. The number of hydrazone groups is 1. The van der Waals surface area contributed by atoms with Gasteiger partial charge in [0, 0.05) is 5.41 Å². The van der Waals surface area contributed by atoms with Crippen LogP contribution in [0.25, 0.3) is 0 Å². The van der Waals surface area contributed by atoms with Gasteiger partial charge in [-0.25, -0.2) is 5.43 Å². The van der Waals surface area contributed by atoms with Gasteiger partial charge in [0.15, 0.2) is 0 Å². The van der Waals surface area contributed by atoms with Gasteiger partial charge in [-0.3, -0.25) is 4.79 Å². The highest BCUT2D eigenvalue weighted by Gasteiger charge is 2.60. The number of nitrogens with one attached hydrogen (secondary N) is 1. The van der Waals surface area contributed by atoms with Crippen LogP contribution in [0.4, 0.5) is 0 Å². The van der Waals surface area contributed by atoms with Crippen molar-refractivity contribution in [3.8, 4) is 5.75 Å². The van der Waals surface area contributed by atoms with E-state index in [-0.39, 0.29) is 23.0 Å². The van der Waals surface area contributed by atoms with E-state index in [1.165, 1.54) is 22.3 Å². The fraction of sp³-hybridized carbons (Fsp3) is 0.200. The van der Waals surface area contributed by atoms with Gasteiger partial charge in [0.05, 0.1) is 12.1 Å². The lowest BCUT2D eigenvalue weighted by molar-refractivity contribution is -0.122. The van der Waals surface area contributed by atoms with E-state index in [0.29, 0.717) is 0 Å². The summed E-state index contributed by atoms with van der Waals surface area (Å²) < 4.78 is 0. The minimum atomic E-state index is -0.309. The molecule has 1 aliphatic rings. The summed E-state index contributed by atoms with van der Waals surface area (Å²) in [5.41, 5.74) is 7.91. The van der Waals surface area contributed by atoms with Crippen molar-refractivity contribution in [2.24, 2.45) is 11.0 Å². The fourth-order valence-electron chi connectivity index (χ4n) is 4.04. The first kappa shape index (κ1) is 18.9. The maximum atomic E-state index is 12.9. The van der Waals surface area contributed by atoms with Crippen LogP contribution in [0.15, 0.2) is 77.9 Å². The Kier molecular flexibility index (Phi) is 4.93. The highest BCUT2D eigenvalue weighted by molar-refractivity contribution is 5.87. The topological polar surface area (TPSA) is 61.7 Å². The Bertz CT molecular complexity index is 1020. The summed E-state index contributed by atoms with van der Waals surface area (Å²) >= 11 is 0. The smallest absolute Gasteiger partial charge is 0.244 e. The van der Waals surface area contributed by atoms with E-state index in [2.05, 4.69) is 72.9 Å². The van der Waals surface area contributed by atoms with Crippen LogP contribution in [0.3, 0.4) is 0 Å². The summed E-state index contributed by atoms with van der Waals surface area (Å²) in [7, 11) is 0. The van der Waals surface area contributed by atoms with Gasteiger partial charge in [0.25, 0.3) is 0 Å². The molecular weight excluding hydrogens is 360 g/mol. The summed E-state index contributed by atoms with van der Waals surface area (Å²) in [6.07, 6.45) is 2.35. The largest absolute Gasteiger partial charge is 0.508 e. The van der Waals surface area contributed by atoms with Crippen molar-refractivity contribution >= 4 is 12.1 Å². The molecule has 1 aliphatic carbocycles. The standard InChI is InChI=1S/C25H24N2O2/c1-17-5-3-7-20(13-17)25(21-8-4-6-18(2)14-21)15-23(25)24(29)27-26-16-19-9-11-22(28)12-10-19/h3-14,16,23,28H,15H2,1-2H3,(H,27,29)/b26-16-/t23-/m0/s1. The molecule has 0 radical (unpaired) electrons. The number of hydrogen-bond donors (Lipinski definition) is 2. The van der Waals surface area contributed by atoms with Crippen molar-refractivity contribution in [1.82, 2.24) is 5.43 Å². The third kappa shape index (κ3) is 3.79. The molecule has 0 bridgehead atoms. The third-order valence-corrected chi connectivity index (χ3v) is 5.63. The summed E-state index contributed by atoms with van der Waals surface area (Å²) in [4.78, 5) is 12.9. The van der Waals surface area contributed by atoms with E-state index in [9.17, 15) is 9.90 Å². The Morgan fingerprint density at radius 2 is 1.59 bits per heavy atom. The van der Waals surface area contributed by atoms with E-state index in [0.717, 1.165) is 12.0 Å². The molecular formula is C25H24N2O2. The Hall–Kier alpha value is -3.40. The second kappa shape index (κ2) is 7.55. The Balaban J connectivity index is 1.58. The predicted octanol–water partition coefficient (Wildman–Crippen LogP) is 4.47. The number of amides is 1. The second-order valence-electron chi connectivity index (χ2n) is 7.79. The van der Waals surface area contributed by atoms with Gasteiger partial charge in [-0.2, -0.15) is 5.10 Å². The summed E-state index contributed by atoms with van der Waals surface area (Å²) in [5.74, 6) is -0.0450. The number of hydrogen-bond acceptors (Lipinski definition) is 3. The average molecular weight is 384 g/mol. The normalized spacial score (nSPS) is 17.2. The Labute approximate surface area is 170 Å². The highest BCUT2D eigenvalue weighted by atomic mass is 16.3. The van der Waals surface area contributed by atoms with Crippen LogP contribution in [-0.2, 0) is 10.2 Å². The van der Waals surface area contributed by atoms with Crippen molar-refractivity contribution in [3.05, 3.63) is 101 Å². The fourth-order valence-corrected chi connectivity index (χ4v) is 4.04. The van der Waals surface area contributed by atoms with Crippen LogP contribution in [0.1, 0.15) is 34.2 Å². The predicted molar refractivity (Wildman–Crippen MR) is 115 cm³/mol. The first-order valence-corrected chi connectivity index (χ1v) is 9.75. The molecule has 1 saturated carbocycles. The van der Waals surface area contributed by atoms with Crippen LogP contribution >= 0.6 is 0 Å². The SMILES string of the molecule is Cc1cccc(C2(c3cccc(C)c3)C[C@H]2C(=O)N/N=C\c2ccc(O)cc2)c1. The molecule has 29 heavy (non-hydrogen) atoms. The van der Waals surface area contributed by atoms with E-state index in [4.69, 9.17) is 0 Å². The van der Waals surface area contributed by atoms with E-state index < -0.39 is 0 Å². The minimum Gasteiger partial charge on any atom is -0.508 e. The van der Waals surface area contributed by atoms with E-state index in [1.54, 1.807) is 30.5 Å². The molecule has 1 fully saturated rings. The minimum absolute atomic E-state index is 0.0805. The zero-order valence-electron chi connectivity index (χ0n) is 16.6. The van der Waals surface area contributed by atoms with Crippen LogP contribution in [0.5, 0.6) is 5.75 Å². The van der Waals surface area contributed by atoms with Crippen molar-refractivity contribution in [2.45, 2.75) is 25.7 Å². The molecule has 0 spiro atoms. The third-order valence-electron chi connectivity index (χ3n) is 5.63. The van der Waals surface area contributed by atoms with Gasteiger partial charge in [-0.15, -0.1) is 0 Å². The number of aromatic hydroxyl groups is 1. The molecule has 0 saturated heterocycles. The van der Waals surface area contributed by atoms with Crippen LogP contribution in [0, 0.1) is 19.8 Å². The molecule has 0 heterocycles. The van der Waals surface area contributed by atoms with Crippen LogP contribution in [0.2, 0.25) is 0 Å². The maximum Gasteiger partial charge on any atom is 0.244 e. The molecule has 146 valence electrons. The quantitative estimate of drug-likeness (QED) is 0.504. The highest BCUT2D eigenvalue weighted by Crippen LogP contribution is 2.59. The second-order valence-corrected chi connectivity index (χ2v) is 7.79. The van der Waals surface area contributed by atoms with Gasteiger partial charge in [-0.05, 0) is 61.2 Å². The summed E-state index contributed by atoms with van der Waals surface area (Å²) in [5, 5.41) is 13.5. The molecule has 3 aromatic rings. The number of phenols is 1. The molecule has 3 aromatic carbocycles. The van der Waals surface area contributed by atoms with Crippen molar-refractivity contribution < 1.29 is 9.90 Å². The summed E-state index contributed by atoms with van der Waals surface area (Å²) in [6, 6.07) is 23.5. The lowest BCUT2D eigenvalue weighted by Crippen LogP contribution is -2.25. The van der Waals surface area contributed by atoms with Gasteiger partial charge < -0.3 is 5.11 Å². The zero-order chi connectivity index (χ0) is 20.4. The summed E-state index contributed by atoms with van der Waals surface area (Å²) in [6.45, 7) is 4.15. The number of phenolic OH excluding ortho intramolecular Hbond substituents is 1. The van der Waals surface area contributed by atoms with Gasteiger partial charge >= 0.3 is 0 Å². The van der Waals surface area contributed by atoms with E-state index >= 15 is 0 Å². The molecule has 1 atom stereocenters. The lowest BCUT2D eigenvalue weighted by Gasteiger charge is -2.19. The lowest BCUT2D eigenvalue weighted by atomic mass is 9.84. The van der Waals surface area contributed by atoms with Crippen LogP contribution < -0.4 is 5.43 Å². The number of aryl methyl sites for hydroxylation is 2. The first-order valence-electron chi connectivity index (χ1n) is 9.75. The molecule has 4 heteroatoms. The average Bonchev–Trinajstić information content (AvgIpc) is 3.47. The van der Waals surface area contributed by atoms with Gasteiger partial charge in [0.1, 0.15) is 5.75 Å². The molecule has 0 aliphatic heterocycles. The van der Waals surface area contributed by atoms with Crippen molar-refractivity contribution in [3.63, 3.8) is 0 Å². The molecule has 4 rings (SSSR count). The maximum absolute atomic E-state index is 12.9. The monoisotopic (exact) mass is 384 g/mol.